The second-order valence-electron chi connectivity index (χ2n) is 9.88. The minimum Gasteiger partial charge on any atom is -0.478 e. The summed E-state index contributed by atoms with van der Waals surface area (Å²) >= 11 is 0. The number of benzene rings is 1. The lowest BCUT2D eigenvalue weighted by Crippen LogP contribution is -2.08. The first kappa shape index (κ1) is 31.2. The van der Waals surface area contributed by atoms with Gasteiger partial charge in [-0.25, -0.2) is 4.79 Å². The molecule has 0 aliphatic heterocycles. The molecule has 196 valence electrons. The highest BCUT2D eigenvalue weighted by Gasteiger charge is 2.19. The number of hydrogen-bond acceptors (Lipinski definition) is 1. The van der Waals surface area contributed by atoms with Crippen molar-refractivity contribution in [2.45, 2.75) is 97.8 Å². The molecular weight excluding hydrogens is 440 g/mol. The molecule has 1 aromatic rings. The van der Waals surface area contributed by atoms with Gasteiger partial charge in [0.1, 0.15) is 0 Å². The van der Waals surface area contributed by atoms with E-state index in [0.29, 0.717) is 11.5 Å². The van der Waals surface area contributed by atoms with Gasteiger partial charge in [-0.1, -0.05) is 152 Å². The van der Waals surface area contributed by atoms with E-state index in [4.69, 9.17) is 0 Å². The summed E-state index contributed by atoms with van der Waals surface area (Å²) in [5.74, 6) is -0.313. The molecule has 0 amide bonds. The number of allylic oxidation sites excluding steroid dienone is 11. The van der Waals surface area contributed by atoms with E-state index in [1.165, 1.54) is 50.5 Å². The van der Waals surface area contributed by atoms with Crippen LogP contribution in [0.4, 0.5) is 0 Å². The van der Waals surface area contributed by atoms with Gasteiger partial charge in [0.2, 0.25) is 0 Å². The predicted octanol–water partition coefficient (Wildman–Crippen LogP) is 10.3. The Labute approximate surface area is 220 Å². The van der Waals surface area contributed by atoms with Gasteiger partial charge in [-0.3, -0.25) is 0 Å². The summed E-state index contributed by atoms with van der Waals surface area (Å²) in [5.41, 5.74) is 3.47. The maximum atomic E-state index is 12.0. The zero-order valence-electron chi connectivity index (χ0n) is 23.2. The smallest absolute Gasteiger partial charge is 0.336 e. The van der Waals surface area contributed by atoms with Crippen molar-refractivity contribution in [2.75, 3.05) is 0 Å². The molecule has 0 saturated carbocycles. The van der Waals surface area contributed by atoms with Crippen LogP contribution < -0.4 is 0 Å². The second-order valence-corrected chi connectivity index (χ2v) is 9.88. The lowest BCUT2D eigenvalue weighted by atomic mass is 9.84. The van der Waals surface area contributed by atoms with Gasteiger partial charge in [0, 0.05) is 0 Å². The molecule has 0 spiro atoms. The maximum Gasteiger partial charge on any atom is 0.336 e. The van der Waals surface area contributed by atoms with Crippen molar-refractivity contribution in [3.05, 3.63) is 102 Å². The van der Waals surface area contributed by atoms with Crippen molar-refractivity contribution in [3.63, 3.8) is 0 Å². The van der Waals surface area contributed by atoms with E-state index >= 15 is 0 Å². The zero-order valence-corrected chi connectivity index (χ0v) is 23.2. The zero-order chi connectivity index (χ0) is 26.6. The molecule has 0 fully saturated rings. The summed E-state index contributed by atoms with van der Waals surface area (Å²) in [5, 5.41) is 9.86. The lowest BCUT2D eigenvalue weighted by molar-refractivity contribution is -0.130. The SMILES string of the molecule is CCCCCCCCC/C=C/C=C/C=C/C=C/C=C/C=C(/C(=O)O)c1cccc(C(C)C)c1C(C)C. The van der Waals surface area contributed by atoms with E-state index in [0.717, 1.165) is 17.5 Å². The molecule has 0 radical (unpaired) electrons. The number of carboxylic acid groups (broad SMARTS) is 1. The monoisotopic (exact) mass is 488 g/mol. The first-order chi connectivity index (χ1) is 17.4. The van der Waals surface area contributed by atoms with Crippen LogP contribution in [0.25, 0.3) is 5.57 Å². The van der Waals surface area contributed by atoms with Gasteiger partial charge in [0.25, 0.3) is 0 Å². The summed E-state index contributed by atoms with van der Waals surface area (Å²) in [6, 6.07) is 5.98. The summed E-state index contributed by atoms with van der Waals surface area (Å²) in [6.07, 6.45) is 32.2. The van der Waals surface area contributed by atoms with Gasteiger partial charge in [0.05, 0.1) is 5.57 Å². The Kier molecular flexibility index (Phi) is 16.7. The number of carboxylic acids is 1. The molecule has 0 saturated heterocycles. The summed E-state index contributed by atoms with van der Waals surface area (Å²) in [7, 11) is 0. The Bertz CT molecular complexity index is 936. The molecule has 0 atom stereocenters. The van der Waals surface area contributed by atoms with Gasteiger partial charge in [0.15, 0.2) is 0 Å². The minimum absolute atomic E-state index is 0.249. The van der Waals surface area contributed by atoms with Crippen LogP contribution in [0.15, 0.2) is 85.0 Å². The van der Waals surface area contributed by atoms with Crippen LogP contribution in [0.3, 0.4) is 0 Å². The third kappa shape index (κ3) is 12.7. The maximum absolute atomic E-state index is 12.0. The van der Waals surface area contributed by atoms with E-state index in [2.05, 4.69) is 58.9 Å². The van der Waals surface area contributed by atoms with Gasteiger partial charge in [-0.15, -0.1) is 0 Å². The van der Waals surface area contributed by atoms with Crippen molar-refractivity contribution in [3.8, 4) is 0 Å². The Morgan fingerprint density at radius 3 is 1.86 bits per heavy atom. The number of carbonyl (C=O) groups is 1. The van der Waals surface area contributed by atoms with Crippen LogP contribution in [0.1, 0.15) is 115 Å². The second kappa shape index (κ2) is 19.3. The van der Waals surface area contributed by atoms with Crippen molar-refractivity contribution in [1.29, 1.82) is 0 Å². The number of hydrogen-bond donors (Lipinski definition) is 1. The Morgan fingerprint density at radius 2 is 1.31 bits per heavy atom. The highest BCUT2D eigenvalue weighted by atomic mass is 16.4. The first-order valence-electron chi connectivity index (χ1n) is 13.8. The molecule has 0 bridgehead atoms. The number of aliphatic carboxylic acids is 1. The summed E-state index contributed by atoms with van der Waals surface area (Å²) in [6.45, 7) is 10.8. The topological polar surface area (TPSA) is 37.3 Å². The van der Waals surface area contributed by atoms with Crippen molar-refractivity contribution < 1.29 is 9.90 Å². The predicted molar refractivity (Wildman–Crippen MR) is 159 cm³/mol. The van der Waals surface area contributed by atoms with E-state index in [-0.39, 0.29) is 5.92 Å². The number of rotatable bonds is 17. The average molecular weight is 489 g/mol. The first-order valence-corrected chi connectivity index (χ1v) is 13.8. The fourth-order valence-electron chi connectivity index (χ4n) is 4.24. The summed E-state index contributed by atoms with van der Waals surface area (Å²) in [4.78, 5) is 12.0. The van der Waals surface area contributed by atoms with Crippen molar-refractivity contribution >= 4 is 11.5 Å². The Morgan fingerprint density at radius 1 is 0.750 bits per heavy atom. The van der Waals surface area contributed by atoms with Crippen LogP contribution in [-0.2, 0) is 4.79 Å². The van der Waals surface area contributed by atoms with Gasteiger partial charge >= 0.3 is 5.97 Å². The minimum atomic E-state index is -0.906. The van der Waals surface area contributed by atoms with Gasteiger partial charge in [-0.05, 0) is 47.4 Å². The fraction of sp³-hybridized carbons (Fsp3) is 0.441. The third-order valence-corrected chi connectivity index (χ3v) is 6.12. The molecule has 2 nitrogen and oxygen atoms in total. The van der Waals surface area contributed by atoms with E-state index in [1.807, 2.05) is 48.6 Å². The molecule has 0 aromatic heterocycles. The molecule has 36 heavy (non-hydrogen) atoms. The molecule has 0 unspecified atom stereocenters. The van der Waals surface area contributed by atoms with Crippen LogP contribution in [0.2, 0.25) is 0 Å². The van der Waals surface area contributed by atoms with Crippen LogP contribution in [0.5, 0.6) is 0 Å². The fourth-order valence-corrected chi connectivity index (χ4v) is 4.24. The van der Waals surface area contributed by atoms with Crippen LogP contribution >= 0.6 is 0 Å². The standard InChI is InChI=1S/C34H48O2/c1-6-7-8-9-10-11-12-13-14-15-16-17-18-19-20-21-22-23-25-32(34(35)36)31-27-24-26-30(28(2)3)33(31)29(4)5/h14-29H,6-13H2,1-5H3,(H,35,36)/b15-14+,17-16+,19-18+,21-20+,23-22+,32-25+. The summed E-state index contributed by atoms with van der Waals surface area (Å²) < 4.78 is 0. The molecule has 1 N–H and O–H groups in total. The quantitative estimate of drug-likeness (QED) is 0.134. The Hall–Kier alpha value is -2.87. The van der Waals surface area contributed by atoms with E-state index < -0.39 is 5.97 Å². The highest BCUT2D eigenvalue weighted by molar-refractivity contribution is 6.16. The van der Waals surface area contributed by atoms with Crippen molar-refractivity contribution in [2.24, 2.45) is 0 Å². The highest BCUT2D eigenvalue weighted by Crippen LogP contribution is 2.33. The largest absolute Gasteiger partial charge is 0.478 e. The van der Waals surface area contributed by atoms with E-state index in [1.54, 1.807) is 12.2 Å². The average Bonchev–Trinajstić information content (AvgIpc) is 2.84. The number of unbranched alkanes of at least 4 members (excludes halogenated alkanes) is 7. The molecule has 0 heterocycles. The lowest BCUT2D eigenvalue weighted by Gasteiger charge is -2.20. The van der Waals surface area contributed by atoms with Gasteiger partial charge in [-0.2, -0.15) is 0 Å². The van der Waals surface area contributed by atoms with Crippen LogP contribution in [-0.4, -0.2) is 11.1 Å². The third-order valence-electron chi connectivity index (χ3n) is 6.12. The molecule has 1 aromatic carbocycles. The van der Waals surface area contributed by atoms with Gasteiger partial charge < -0.3 is 5.11 Å². The molecule has 2 heteroatoms. The molecule has 0 aliphatic carbocycles. The normalized spacial score (nSPS) is 13.2. The molecule has 1 rings (SSSR count). The molecular formula is C34H48O2. The van der Waals surface area contributed by atoms with Crippen LogP contribution in [0, 0.1) is 0 Å². The van der Waals surface area contributed by atoms with E-state index in [9.17, 15) is 9.90 Å². The van der Waals surface area contributed by atoms with Crippen molar-refractivity contribution in [1.82, 2.24) is 0 Å². The molecule has 0 aliphatic rings. The Balaban J connectivity index is 2.57.